The van der Waals surface area contributed by atoms with Gasteiger partial charge in [0, 0.05) is 0 Å². The van der Waals surface area contributed by atoms with E-state index in [4.69, 9.17) is 60.5 Å². The van der Waals surface area contributed by atoms with Gasteiger partial charge in [0.05, 0.1) is 36.7 Å². The number of nitrogens with zero attached hydrogens (tertiary/aromatic N) is 4. The van der Waals surface area contributed by atoms with Crippen molar-refractivity contribution in [1.82, 2.24) is 9.97 Å². The molecule has 6 rings (SSSR count). The molecular weight excluding hydrogens is 645 g/mol. The van der Waals surface area contributed by atoms with E-state index in [1.54, 1.807) is 26.4 Å². The minimum atomic E-state index is -0.743. The van der Waals surface area contributed by atoms with Crippen LogP contribution in [0, 0.1) is 34.3 Å². The van der Waals surface area contributed by atoms with Crippen LogP contribution >= 0.6 is 34.8 Å². The molecule has 0 aliphatic heterocycles. The first-order chi connectivity index (χ1) is 21.6. The quantitative estimate of drug-likeness (QED) is 0.164. The lowest BCUT2D eigenvalue weighted by atomic mass is 10.1. The summed E-state index contributed by atoms with van der Waals surface area (Å²) in [5, 5.41) is 19.7. The van der Waals surface area contributed by atoms with Crippen LogP contribution < -0.4 is 20.5 Å². The Balaban J connectivity index is 0.000000169. The van der Waals surface area contributed by atoms with Crippen LogP contribution in [-0.2, 0) is 25.7 Å². The number of halogens is 5. The van der Waals surface area contributed by atoms with Crippen molar-refractivity contribution in [3.63, 3.8) is 0 Å². The molecule has 4 aromatic rings. The maximum Gasteiger partial charge on any atom is 0.168 e. The normalized spacial score (nSPS) is 12.3. The molecule has 0 spiro atoms. The number of pyridine rings is 2. The fraction of sp³-hybridized carbons (Fsp3) is 0.250. The number of hydrogen-bond donors (Lipinski definition) is 2. The Morgan fingerprint density at radius 3 is 1.89 bits per heavy atom. The molecule has 2 aromatic heterocycles. The second-order valence-electron chi connectivity index (χ2n) is 9.91. The molecule has 0 atom stereocenters. The molecule has 0 amide bonds. The Kier molecular flexibility index (Phi) is 11.2. The summed E-state index contributed by atoms with van der Waals surface area (Å²) in [5.74, 6) is 0.0619. The van der Waals surface area contributed by atoms with E-state index >= 15 is 0 Å². The molecule has 0 radical (unpaired) electrons. The summed E-state index contributed by atoms with van der Waals surface area (Å²) in [6.07, 6.45) is 6.47. The van der Waals surface area contributed by atoms with E-state index in [-0.39, 0.29) is 32.4 Å². The maximum atomic E-state index is 14.1. The van der Waals surface area contributed by atoms with Crippen LogP contribution in [-0.4, -0.2) is 24.2 Å². The van der Waals surface area contributed by atoms with Gasteiger partial charge in [0.1, 0.15) is 33.9 Å². The third-order valence-corrected chi connectivity index (χ3v) is 8.11. The lowest BCUT2D eigenvalue weighted by Crippen LogP contribution is -2.04. The molecule has 2 aliphatic rings. The Morgan fingerprint density at radius 1 is 0.756 bits per heavy atom. The molecular formula is C32H27Cl3F2N6O2. The van der Waals surface area contributed by atoms with Crippen LogP contribution in [0.5, 0.6) is 11.5 Å². The number of ether oxygens (including phenoxy) is 2. The number of hydrogen-bond acceptors (Lipinski definition) is 8. The van der Waals surface area contributed by atoms with Crippen molar-refractivity contribution < 1.29 is 18.3 Å². The predicted molar refractivity (Wildman–Crippen MR) is 171 cm³/mol. The number of aryl methyl sites for hydroxylation is 2. The predicted octanol–water partition coefficient (Wildman–Crippen LogP) is 8.15. The molecule has 2 aliphatic carbocycles. The highest BCUT2D eigenvalue weighted by atomic mass is 35.5. The monoisotopic (exact) mass is 670 g/mol. The molecule has 13 heteroatoms. The first kappa shape index (κ1) is 33.5. The zero-order valence-corrected chi connectivity index (χ0v) is 26.5. The van der Waals surface area contributed by atoms with Crippen LogP contribution in [0.1, 0.15) is 46.2 Å². The van der Waals surface area contributed by atoms with Gasteiger partial charge in [-0.2, -0.15) is 10.5 Å². The number of nitrogens with two attached hydrogens (primary N) is 1. The highest BCUT2D eigenvalue weighted by molar-refractivity contribution is 6.33. The number of benzene rings is 2. The smallest absolute Gasteiger partial charge is 0.168 e. The van der Waals surface area contributed by atoms with Gasteiger partial charge in [0.25, 0.3) is 0 Å². The van der Waals surface area contributed by atoms with E-state index < -0.39 is 11.6 Å². The van der Waals surface area contributed by atoms with Crippen molar-refractivity contribution in [2.75, 3.05) is 25.3 Å². The number of anilines is 3. The molecule has 8 nitrogen and oxygen atoms in total. The first-order valence-electron chi connectivity index (χ1n) is 13.7. The van der Waals surface area contributed by atoms with Gasteiger partial charge in [0.2, 0.25) is 0 Å². The number of nitriles is 2. The summed E-state index contributed by atoms with van der Waals surface area (Å²) < 4.78 is 37.2. The summed E-state index contributed by atoms with van der Waals surface area (Å²) in [4.78, 5) is 7.32. The molecule has 0 saturated heterocycles. The van der Waals surface area contributed by atoms with Crippen LogP contribution in [0.15, 0.2) is 36.4 Å². The largest absolute Gasteiger partial charge is 0.495 e. The lowest BCUT2D eigenvalue weighted by molar-refractivity contribution is 0.416. The fourth-order valence-corrected chi connectivity index (χ4v) is 5.62. The van der Waals surface area contributed by atoms with Gasteiger partial charge < -0.3 is 20.5 Å². The van der Waals surface area contributed by atoms with Gasteiger partial charge in [-0.1, -0.05) is 46.9 Å². The average molecular weight is 672 g/mol. The van der Waals surface area contributed by atoms with Crippen molar-refractivity contribution in [1.29, 1.82) is 10.5 Å². The molecule has 232 valence electrons. The van der Waals surface area contributed by atoms with Crippen molar-refractivity contribution in [3.8, 4) is 23.6 Å². The Hall–Kier alpha value is -4.35. The molecule has 2 heterocycles. The third kappa shape index (κ3) is 7.66. The number of fused-ring (bicyclic) bond motifs is 2. The second-order valence-corrected chi connectivity index (χ2v) is 11.0. The highest BCUT2D eigenvalue weighted by Crippen LogP contribution is 2.38. The number of nitrogen functional groups attached to an aromatic ring is 1. The van der Waals surface area contributed by atoms with Gasteiger partial charge in [-0.25, -0.2) is 18.7 Å². The van der Waals surface area contributed by atoms with Gasteiger partial charge in [-0.15, -0.1) is 0 Å². The second kappa shape index (κ2) is 15.1. The zero-order valence-electron chi connectivity index (χ0n) is 24.3. The lowest BCUT2D eigenvalue weighted by Gasteiger charge is -2.16. The molecule has 0 unspecified atom stereocenters. The molecule has 0 bridgehead atoms. The Labute approximate surface area is 274 Å². The topological polar surface area (TPSA) is 130 Å². The van der Waals surface area contributed by atoms with Crippen molar-refractivity contribution in [2.24, 2.45) is 0 Å². The van der Waals surface area contributed by atoms with E-state index in [2.05, 4.69) is 21.4 Å². The van der Waals surface area contributed by atoms with Crippen LogP contribution in [0.25, 0.3) is 0 Å². The fourth-order valence-electron chi connectivity index (χ4n) is 5.08. The summed E-state index contributed by atoms with van der Waals surface area (Å²) in [6, 6.07) is 13.5. The van der Waals surface area contributed by atoms with Gasteiger partial charge in [-0.05, 0) is 85.0 Å². The minimum absolute atomic E-state index is 0.00923. The van der Waals surface area contributed by atoms with Gasteiger partial charge in [-0.3, -0.25) is 0 Å². The number of nitrogens with one attached hydrogen (secondary N) is 1. The molecule has 3 N–H and O–H groups in total. The third-order valence-electron chi connectivity index (χ3n) is 7.27. The van der Waals surface area contributed by atoms with E-state index in [0.717, 1.165) is 54.8 Å². The SMILES string of the molecule is COc1ccc2c(c1N)CCC2.COc1ccc2c(c1Nc1nc(Cl)c(C#N)cc1F)CCC2.N#Cc1cc(F)c(Cl)nc1Cl. The van der Waals surface area contributed by atoms with Crippen molar-refractivity contribution in [2.45, 2.75) is 38.5 Å². The molecule has 0 fully saturated rings. The van der Waals surface area contributed by atoms with Crippen LogP contribution in [0.3, 0.4) is 0 Å². The standard InChI is InChI=1S/C16H13ClFN3O.C10H13NO.C6HCl2FN2/c1-22-13-6-5-9-3-2-4-11(9)14(13)20-16-12(18)7-10(8-19)15(17)21-16;1-12-9-6-5-7-3-2-4-8(7)10(9)11;7-5-3(2-10)1-4(9)6(8)11-5/h5-7H,2-4H2,1H3,(H,20,21);5-6H,2-4,11H2,1H3;1H. The molecule has 0 saturated carbocycles. The Morgan fingerprint density at radius 2 is 1.29 bits per heavy atom. The highest BCUT2D eigenvalue weighted by Gasteiger charge is 2.21. The van der Waals surface area contributed by atoms with E-state index in [0.29, 0.717) is 11.4 Å². The summed E-state index contributed by atoms with van der Waals surface area (Å²) in [7, 11) is 3.23. The molecule has 45 heavy (non-hydrogen) atoms. The maximum absolute atomic E-state index is 14.1. The van der Waals surface area contributed by atoms with Gasteiger partial charge in [0.15, 0.2) is 22.6 Å². The number of rotatable bonds is 4. The summed E-state index contributed by atoms with van der Waals surface area (Å²) >= 11 is 16.6. The summed E-state index contributed by atoms with van der Waals surface area (Å²) in [5.41, 5.74) is 12.5. The number of methoxy groups -OCH3 is 2. The number of aromatic nitrogens is 2. The van der Waals surface area contributed by atoms with Crippen LogP contribution in [0.4, 0.5) is 26.0 Å². The van der Waals surface area contributed by atoms with E-state index in [9.17, 15) is 8.78 Å². The minimum Gasteiger partial charge on any atom is -0.495 e. The van der Waals surface area contributed by atoms with Crippen molar-refractivity contribution >= 4 is 52.0 Å². The average Bonchev–Trinajstić information content (AvgIpc) is 3.72. The van der Waals surface area contributed by atoms with E-state index in [1.807, 2.05) is 18.2 Å². The summed E-state index contributed by atoms with van der Waals surface area (Å²) in [6.45, 7) is 0. The zero-order chi connectivity index (χ0) is 32.7. The van der Waals surface area contributed by atoms with E-state index in [1.165, 1.54) is 29.5 Å². The molecule has 2 aromatic carbocycles. The van der Waals surface area contributed by atoms with Gasteiger partial charge >= 0.3 is 0 Å². The van der Waals surface area contributed by atoms with Crippen LogP contribution in [0.2, 0.25) is 15.5 Å². The first-order valence-corrected chi connectivity index (χ1v) is 14.8. The van der Waals surface area contributed by atoms with Crippen molar-refractivity contribution in [3.05, 3.63) is 96.9 Å². The Bertz CT molecular complexity index is 1830.